The zero-order valence-corrected chi connectivity index (χ0v) is 24.8. The summed E-state index contributed by atoms with van der Waals surface area (Å²) < 4.78 is 0. The molecule has 6 rings (SSSR count). The van der Waals surface area contributed by atoms with Crippen LogP contribution < -0.4 is 20.4 Å². The lowest BCUT2D eigenvalue weighted by atomic mass is 10.2. The van der Waals surface area contributed by atoms with E-state index in [2.05, 4.69) is 44.0 Å². The highest BCUT2D eigenvalue weighted by molar-refractivity contribution is 5.99. The van der Waals surface area contributed by atoms with Gasteiger partial charge in [0.2, 0.25) is 11.9 Å². The summed E-state index contributed by atoms with van der Waals surface area (Å²) in [7, 11) is 2.14. The lowest BCUT2D eigenvalue weighted by molar-refractivity contribution is -0.111. The highest BCUT2D eigenvalue weighted by atomic mass is 16.3. The van der Waals surface area contributed by atoms with E-state index in [9.17, 15) is 9.90 Å². The third kappa shape index (κ3) is 6.70. The van der Waals surface area contributed by atoms with E-state index in [0.29, 0.717) is 42.7 Å². The molecule has 0 saturated carbocycles. The number of carbonyl (C=O) groups is 1. The van der Waals surface area contributed by atoms with Crippen LogP contribution in [-0.4, -0.2) is 81.9 Å². The summed E-state index contributed by atoms with van der Waals surface area (Å²) in [6, 6.07) is 21.4. The Labute approximate surface area is 257 Å². The number of piperazine rings is 1. The molecular formula is C33H37N9O2. The molecule has 1 atom stereocenters. The van der Waals surface area contributed by atoms with Crippen molar-refractivity contribution in [1.29, 1.82) is 0 Å². The van der Waals surface area contributed by atoms with Crippen LogP contribution in [0.5, 0.6) is 0 Å². The number of rotatable bonds is 8. The predicted molar refractivity (Wildman–Crippen MR) is 173 cm³/mol. The molecule has 2 aliphatic rings. The Hall–Kier alpha value is -4.84. The third-order valence-corrected chi connectivity index (χ3v) is 7.93. The highest BCUT2D eigenvalue weighted by Crippen LogP contribution is 2.35. The number of fused-ring (bicyclic) bond motifs is 1. The van der Waals surface area contributed by atoms with Crippen LogP contribution in [0.25, 0.3) is 0 Å². The number of nitrogens with zero attached hydrogens (tertiary/aromatic N) is 7. The number of anilines is 6. The van der Waals surface area contributed by atoms with Gasteiger partial charge in [-0.2, -0.15) is 4.98 Å². The first-order valence-electron chi connectivity index (χ1n) is 14.8. The Kier molecular flexibility index (Phi) is 8.78. The zero-order chi connectivity index (χ0) is 30.5. The molecule has 1 saturated heterocycles. The molecule has 0 radical (unpaired) electrons. The van der Waals surface area contributed by atoms with Crippen molar-refractivity contribution in [3.63, 3.8) is 0 Å². The van der Waals surface area contributed by atoms with Gasteiger partial charge in [0, 0.05) is 62.4 Å². The van der Waals surface area contributed by atoms with Crippen molar-refractivity contribution in [1.82, 2.24) is 24.8 Å². The van der Waals surface area contributed by atoms with Gasteiger partial charge in [0.1, 0.15) is 11.6 Å². The van der Waals surface area contributed by atoms with E-state index in [1.165, 1.54) is 6.08 Å². The number of hydrogen-bond donors (Lipinski definition) is 3. The van der Waals surface area contributed by atoms with Crippen molar-refractivity contribution < 1.29 is 9.90 Å². The van der Waals surface area contributed by atoms with Crippen LogP contribution in [0.15, 0.2) is 91.8 Å². The van der Waals surface area contributed by atoms with Crippen molar-refractivity contribution in [3.8, 4) is 0 Å². The Balaban J connectivity index is 1.30. The van der Waals surface area contributed by atoms with Crippen molar-refractivity contribution in [2.75, 3.05) is 60.2 Å². The second-order valence-electron chi connectivity index (χ2n) is 11.0. The summed E-state index contributed by atoms with van der Waals surface area (Å²) in [6.45, 7) is 8.61. The molecule has 11 heteroatoms. The molecule has 0 bridgehead atoms. The van der Waals surface area contributed by atoms with Gasteiger partial charge in [-0.25, -0.2) is 9.97 Å². The van der Waals surface area contributed by atoms with Crippen molar-refractivity contribution in [2.24, 2.45) is 0 Å². The van der Waals surface area contributed by atoms with Gasteiger partial charge < -0.3 is 25.5 Å². The van der Waals surface area contributed by atoms with Crippen LogP contribution in [0.3, 0.4) is 0 Å². The van der Waals surface area contributed by atoms with Gasteiger partial charge in [-0.05, 0) is 55.4 Å². The fourth-order valence-corrected chi connectivity index (χ4v) is 5.47. The van der Waals surface area contributed by atoms with Crippen LogP contribution in [0.2, 0.25) is 0 Å². The fourth-order valence-electron chi connectivity index (χ4n) is 5.47. The molecule has 3 N–H and O–H groups in total. The molecule has 0 spiro atoms. The first-order valence-corrected chi connectivity index (χ1v) is 14.8. The normalized spacial score (nSPS) is 17.5. The Morgan fingerprint density at radius 3 is 2.55 bits per heavy atom. The Morgan fingerprint density at radius 1 is 0.977 bits per heavy atom. The number of aliphatic hydroxyl groups excluding tert-OH is 1. The van der Waals surface area contributed by atoms with Crippen LogP contribution in [0.4, 0.5) is 34.6 Å². The molecule has 226 valence electrons. The van der Waals surface area contributed by atoms with Gasteiger partial charge in [0.15, 0.2) is 6.35 Å². The standard InChI is InChI=1S/C33H37N9O2/c1-3-30(43)36-26-10-7-11-28(20-26)42-31-25(14-15-41(33(42)44)23-24-8-5-4-6-9-24)21-35-32(38-31)37-27-12-13-29(34-22-27)40-18-16-39(2)17-19-40/h3-13,20-22,33,44H,1,14-19,23H2,2H3,(H,36,43)(H,35,37,38). The lowest BCUT2D eigenvalue weighted by Gasteiger charge is -2.35. The average Bonchev–Trinajstić information content (AvgIpc) is 3.18. The number of aliphatic hydroxyl groups is 1. The monoisotopic (exact) mass is 591 g/mol. The minimum Gasteiger partial charge on any atom is -0.360 e. The number of carbonyl (C=O) groups excluding carboxylic acids is 1. The number of benzene rings is 2. The molecule has 44 heavy (non-hydrogen) atoms. The van der Waals surface area contributed by atoms with Gasteiger partial charge >= 0.3 is 0 Å². The Morgan fingerprint density at radius 2 is 1.80 bits per heavy atom. The lowest BCUT2D eigenvalue weighted by Crippen LogP contribution is -2.45. The van der Waals surface area contributed by atoms with E-state index < -0.39 is 6.35 Å². The SMILES string of the molecule is C=CC(=O)Nc1cccc(N2c3nc(Nc4ccc(N5CCN(C)CC5)nc4)ncc3CCN(Cc3ccccc3)C2O)c1. The summed E-state index contributed by atoms with van der Waals surface area (Å²) in [4.78, 5) is 34.7. The number of likely N-dealkylation sites (N-methyl/N-ethyl adjacent to an activating group) is 1. The van der Waals surface area contributed by atoms with Gasteiger partial charge in [-0.3, -0.25) is 14.6 Å². The molecule has 2 aromatic carbocycles. The summed E-state index contributed by atoms with van der Waals surface area (Å²) in [5.41, 5.74) is 4.00. The summed E-state index contributed by atoms with van der Waals surface area (Å²) in [5, 5.41) is 18.0. The highest BCUT2D eigenvalue weighted by Gasteiger charge is 2.32. The Bertz CT molecular complexity index is 1590. The number of pyridine rings is 1. The van der Waals surface area contributed by atoms with Gasteiger partial charge in [0.25, 0.3) is 0 Å². The fraction of sp³-hybridized carbons (Fsp3) is 0.273. The second-order valence-corrected chi connectivity index (χ2v) is 11.0. The molecule has 11 nitrogen and oxygen atoms in total. The van der Waals surface area contributed by atoms with Crippen molar-refractivity contribution in [2.45, 2.75) is 19.3 Å². The van der Waals surface area contributed by atoms with E-state index in [1.807, 2.05) is 71.8 Å². The maximum atomic E-state index is 12.0. The minimum atomic E-state index is -1.03. The largest absolute Gasteiger partial charge is 0.360 e. The zero-order valence-electron chi connectivity index (χ0n) is 24.8. The molecule has 4 aromatic rings. The van der Waals surface area contributed by atoms with Crippen LogP contribution >= 0.6 is 0 Å². The van der Waals surface area contributed by atoms with Gasteiger partial charge in [-0.1, -0.05) is 43.0 Å². The average molecular weight is 592 g/mol. The number of nitrogens with one attached hydrogen (secondary N) is 2. The number of hydrogen-bond acceptors (Lipinski definition) is 10. The molecule has 2 aliphatic heterocycles. The first kappa shape index (κ1) is 29.2. The van der Waals surface area contributed by atoms with E-state index in [1.54, 1.807) is 17.2 Å². The topological polar surface area (TPSA) is 113 Å². The summed E-state index contributed by atoms with van der Waals surface area (Å²) >= 11 is 0. The molecule has 0 aliphatic carbocycles. The first-order chi connectivity index (χ1) is 21.5. The molecule has 2 aromatic heterocycles. The van der Waals surface area contributed by atoms with Gasteiger partial charge in [-0.15, -0.1) is 0 Å². The molecule has 4 heterocycles. The maximum Gasteiger partial charge on any atom is 0.247 e. The predicted octanol–water partition coefficient (Wildman–Crippen LogP) is 3.96. The maximum absolute atomic E-state index is 12.0. The van der Waals surface area contributed by atoms with Gasteiger partial charge in [0.05, 0.1) is 11.9 Å². The van der Waals surface area contributed by atoms with E-state index in [-0.39, 0.29) is 5.91 Å². The van der Waals surface area contributed by atoms with Crippen LogP contribution in [-0.2, 0) is 17.8 Å². The van der Waals surface area contributed by atoms with E-state index >= 15 is 0 Å². The third-order valence-electron chi connectivity index (χ3n) is 7.93. The smallest absolute Gasteiger partial charge is 0.247 e. The summed E-state index contributed by atoms with van der Waals surface area (Å²) in [5.74, 6) is 1.61. The van der Waals surface area contributed by atoms with Crippen LogP contribution in [0.1, 0.15) is 11.1 Å². The van der Waals surface area contributed by atoms with E-state index in [0.717, 1.165) is 48.8 Å². The van der Waals surface area contributed by atoms with Crippen molar-refractivity contribution >= 4 is 40.6 Å². The number of aromatic nitrogens is 3. The summed E-state index contributed by atoms with van der Waals surface area (Å²) in [6.07, 6.45) is 4.44. The quantitative estimate of drug-likeness (QED) is 0.260. The second kappa shape index (κ2) is 13.2. The minimum absolute atomic E-state index is 0.314. The van der Waals surface area contributed by atoms with Crippen molar-refractivity contribution in [3.05, 3.63) is 103 Å². The van der Waals surface area contributed by atoms with E-state index in [4.69, 9.17) is 4.98 Å². The molecular weight excluding hydrogens is 554 g/mol. The number of amides is 1. The molecule has 1 unspecified atom stereocenters. The van der Waals surface area contributed by atoms with Crippen LogP contribution in [0, 0.1) is 0 Å². The molecule has 1 amide bonds. The molecule has 1 fully saturated rings.